The van der Waals surface area contributed by atoms with Crippen LogP contribution in [0.5, 0.6) is 0 Å². The lowest BCUT2D eigenvalue weighted by Crippen LogP contribution is -2.30. The molecular weight excluding hydrogens is 332 g/mol. The number of aliphatic carboxylic acids is 1. The van der Waals surface area contributed by atoms with Crippen LogP contribution in [0.3, 0.4) is 0 Å². The third-order valence-corrected chi connectivity index (χ3v) is 5.57. The van der Waals surface area contributed by atoms with Crippen LogP contribution in [0, 0.1) is 5.92 Å². The largest absolute Gasteiger partial charge is 0.481 e. The first kappa shape index (κ1) is 14.5. The van der Waals surface area contributed by atoms with E-state index >= 15 is 0 Å². The second kappa shape index (κ2) is 5.75. The molecule has 1 amide bonds. The molecule has 1 N–H and O–H groups in total. The number of halogens is 1. The van der Waals surface area contributed by atoms with Gasteiger partial charge in [0, 0.05) is 18.5 Å². The van der Waals surface area contributed by atoms with Crippen LogP contribution < -0.4 is 0 Å². The normalized spacial score (nSPS) is 18.1. The Morgan fingerprint density at radius 1 is 1.43 bits per heavy atom. The lowest BCUT2D eigenvalue weighted by atomic mass is 10.1. The lowest BCUT2D eigenvalue weighted by Gasteiger charge is -2.13. The summed E-state index contributed by atoms with van der Waals surface area (Å²) in [6.07, 6.45) is 0.499. The minimum absolute atomic E-state index is 0.205. The first-order chi connectivity index (χ1) is 10.0. The number of hydrogen-bond donors (Lipinski definition) is 1. The fourth-order valence-electron chi connectivity index (χ4n) is 2.22. The van der Waals surface area contributed by atoms with Crippen LogP contribution in [0.1, 0.15) is 16.9 Å². The van der Waals surface area contributed by atoms with Crippen LogP contribution in [0.4, 0.5) is 0 Å². The van der Waals surface area contributed by atoms with Crippen molar-refractivity contribution in [3.05, 3.63) is 27.5 Å². The zero-order chi connectivity index (χ0) is 15.0. The summed E-state index contributed by atoms with van der Waals surface area (Å²) in [4.78, 5) is 30.1. The number of likely N-dealkylation sites (tertiary alicyclic amines) is 1. The van der Waals surface area contributed by atoms with E-state index in [1.807, 2.05) is 6.07 Å². The van der Waals surface area contributed by atoms with E-state index in [1.165, 1.54) is 22.7 Å². The van der Waals surface area contributed by atoms with E-state index in [4.69, 9.17) is 16.7 Å². The molecular formula is C13H11ClN2O3S2. The highest BCUT2D eigenvalue weighted by atomic mass is 35.5. The van der Waals surface area contributed by atoms with Gasteiger partial charge in [-0.1, -0.05) is 11.6 Å². The first-order valence-electron chi connectivity index (χ1n) is 6.28. The summed E-state index contributed by atoms with van der Waals surface area (Å²) in [5, 5.41) is 11.4. The molecule has 0 aliphatic carbocycles. The number of hydrogen-bond acceptors (Lipinski definition) is 5. The number of amides is 1. The monoisotopic (exact) mass is 342 g/mol. The summed E-state index contributed by atoms with van der Waals surface area (Å²) in [6, 6.07) is 3.67. The molecule has 2 aromatic rings. The number of carbonyl (C=O) groups excluding carboxylic acids is 1. The van der Waals surface area contributed by atoms with Crippen LogP contribution in [-0.4, -0.2) is 40.0 Å². The molecule has 3 heterocycles. The second-order valence-electron chi connectivity index (χ2n) is 4.72. The Labute approximate surface area is 133 Å². The molecule has 1 aliphatic heterocycles. The molecule has 0 aromatic carbocycles. The molecule has 0 bridgehead atoms. The van der Waals surface area contributed by atoms with Gasteiger partial charge in [0.2, 0.25) is 0 Å². The smallest absolute Gasteiger partial charge is 0.308 e. The van der Waals surface area contributed by atoms with Crippen molar-refractivity contribution in [3.63, 3.8) is 0 Å². The molecule has 21 heavy (non-hydrogen) atoms. The molecule has 3 rings (SSSR count). The van der Waals surface area contributed by atoms with E-state index in [1.54, 1.807) is 16.3 Å². The average Bonchev–Trinajstić information content (AvgIpc) is 3.17. The van der Waals surface area contributed by atoms with E-state index in [0.29, 0.717) is 23.0 Å². The molecule has 1 atom stereocenters. The third-order valence-electron chi connectivity index (χ3n) is 3.33. The number of aromatic nitrogens is 1. The molecule has 1 fully saturated rings. The van der Waals surface area contributed by atoms with Crippen molar-refractivity contribution in [1.82, 2.24) is 9.88 Å². The Kier molecular flexibility index (Phi) is 3.97. The van der Waals surface area contributed by atoms with E-state index in [9.17, 15) is 9.59 Å². The first-order valence-corrected chi connectivity index (χ1v) is 8.35. The number of nitrogens with zero attached hydrogens (tertiary/aromatic N) is 2. The van der Waals surface area contributed by atoms with Crippen LogP contribution >= 0.6 is 34.3 Å². The predicted molar refractivity (Wildman–Crippen MR) is 82.1 cm³/mol. The minimum atomic E-state index is -0.850. The van der Waals surface area contributed by atoms with Crippen molar-refractivity contribution in [3.8, 4) is 9.88 Å². The number of carboxylic acids is 1. The molecule has 0 radical (unpaired) electrons. The lowest BCUT2D eigenvalue weighted by molar-refractivity contribution is -0.141. The maximum atomic E-state index is 12.3. The standard InChI is InChI=1S/C13H11ClN2O3S2/c14-10-2-1-9(21-10)11-15-8(6-20-11)12(17)16-4-3-7(5-16)13(18)19/h1-2,6-7H,3-5H2,(H,18,19)/t7-/m1/s1. The highest BCUT2D eigenvalue weighted by Crippen LogP contribution is 2.33. The molecule has 0 saturated carbocycles. The predicted octanol–water partition coefficient (Wildman–Crippen LogP) is 3.07. The van der Waals surface area contributed by atoms with Crippen molar-refractivity contribution in [2.45, 2.75) is 6.42 Å². The zero-order valence-corrected chi connectivity index (χ0v) is 13.2. The van der Waals surface area contributed by atoms with Gasteiger partial charge in [-0.25, -0.2) is 4.98 Å². The second-order valence-corrected chi connectivity index (χ2v) is 7.29. The Balaban J connectivity index is 1.74. The summed E-state index contributed by atoms with van der Waals surface area (Å²) in [5.41, 5.74) is 0.366. The highest BCUT2D eigenvalue weighted by Gasteiger charge is 2.32. The van der Waals surface area contributed by atoms with Crippen LogP contribution in [0.15, 0.2) is 17.5 Å². The van der Waals surface area contributed by atoms with Crippen LogP contribution in [0.25, 0.3) is 9.88 Å². The van der Waals surface area contributed by atoms with Gasteiger partial charge in [0.1, 0.15) is 10.7 Å². The quantitative estimate of drug-likeness (QED) is 0.930. The van der Waals surface area contributed by atoms with Crippen molar-refractivity contribution in [2.24, 2.45) is 5.92 Å². The fraction of sp³-hybridized carbons (Fsp3) is 0.308. The maximum absolute atomic E-state index is 12.3. The van der Waals surface area contributed by atoms with Gasteiger partial charge in [-0.15, -0.1) is 22.7 Å². The van der Waals surface area contributed by atoms with Gasteiger partial charge in [0.25, 0.3) is 5.91 Å². The topological polar surface area (TPSA) is 70.5 Å². The Morgan fingerprint density at radius 2 is 2.24 bits per heavy atom. The van der Waals surface area contributed by atoms with Crippen molar-refractivity contribution < 1.29 is 14.7 Å². The summed E-state index contributed by atoms with van der Waals surface area (Å²) in [6.45, 7) is 0.722. The Morgan fingerprint density at radius 3 is 2.86 bits per heavy atom. The molecule has 2 aromatic heterocycles. The molecule has 110 valence electrons. The van der Waals surface area contributed by atoms with Crippen molar-refractivity contribution in [2.75, 3.05) is 13.1 Å². The Hall–Kier alpha value is -1.44. The summed E-state index contributed by atoms with van der Waals surface area (Å²) >= 11 is 8.69. The van der Waals surface area contributed by atoms with Gasteiger partial charge >= 0.3 is 5.97 Å². The van der Waals surface area contributed by atoms with E-state index in [-0.39, 0.29) is 12.5 Å². The van der Waals surface area contributed by atoms with Crippen molar-refractivity contribution >= 4 is 46.2 Å². The summed E-state index contributed by atoms with van der Waals surface area (Å²) < 4.78 is 0.678. The summed E-state index contributed by atoms with van der Waals surface area (Å²) in [7, 11) is 0. The molecule has 1 aliphatic rings. The number of thiazole rings is 1. The maximum Gasteiger partial charge on any atom is 0.308 e. The molecule has 0 spiro atoms. The zero-order valence-electron chi connectivity index (χ0n) is 10.8. The molecule has 8 heteroatoms. The SMILES string of the molecule is O=C(O)[C@@H]1CCN(C(=O)c2csc(-c3ccc(Cl)s3)n2)C1. The molecule has 5 nitrogen and oxygen atoms in total. The van der Waals surface area contributed by atoms with Crippen LogP contribution in [-0.2, 0) is 4.79 Å². The van der Waals surface area contributed by atoms with Crippen molar-refractivity contribution in [1.29, 1.82) is 0 Å². The number of carbonyl (C=O) groups is 2. The Bertz CT molecular complexity index is 697. The van der Waals surface area contributed by atoms with E-state index in [0.717, 1.165) is 9.88 Å². The number of thiophene rings is 1. The van der Waals surface area contributed by atoms with Gasteiger partial charge in [0.05, 0.1) is 15.1 Å². The van der Waals surface area contributed by atoms with Gasteiger partial charge in [-0.2, -0.15) is 0 Å². The van der Waals surface area contributed by atoms with Gasteiger partial charge < -0.3 is 10.0 Å². The number of carboxylic acid groups (broad SMARTS) is 1. The minimum Gasteiger partial charge on any atom is -0.481 e. The summed E-state index contributed by atoms with van der Waals surface area (Å²) in [5.74, 6) is -1.52. The van der Waals surface area contributed by atoms with Gasteiger partial charge in [-0.05, 0) is 18.6 Å². The van der Waals surface area contributed by atoms with E-state index < -0.39 is 11.9 Å². The van der Waals surface area contributed by atoms with Gasteiger partial charge in [0.15, 0.2) is 0 Å². The van der Waals surface area contributed by atoms with Crippen LogP contribution in [0.2, 0.25) is 4.34 Å². The highest BCUT2D eigenvalue weighted by molar-refractivity contribution is 7.23. The van der Waals surface area contributed by atoms with Gasteiger partial charge in [-0.3, -0.25) is 9.59 Å². The fourth-order valence-corrected chi connectivity index (χ4v) is 4.13. The average molecular weight is 343 g/mol. The molecule has 1 saturated heterocycles. The van der Waals surface area contributed by atoms with E-state index in [2.05, 4.69) is 4.98 Å². The third kappa shape index (κ3) is 2.95. The number of rotatable bonds is 3. The molecule has 0 unspecified atom stereocenters.